The van der Waals surface area contributed by atoms with Gasteiger partial charge in [-0.2, -0.15) is 10.1 Å². The van der Waals surface area contributed by atoms with Crippen LogP contribution in [0.15, 0.2) is 104 Å². The zero-order valence-electron chi connectivity index (χ0n) is 24.1. The van der Waals surface area contributed by atoms with Gasteiger partial charge in [0.1, 0.15) is 31.4 Å². The van der Waals surface area contributed by atoms with Gasteiger partial charge in [0.05, 0.1) is 16.8 Å². The number of para-hydroxylation sites is 1. The summed E-state index contributed by atoms with van der Waals surface area (Å²) in [4.78, 5) is 7.26. The van der Waals surface area contributed by atoms with Gasteiger partial charge in [-0.15, -0.1) is 0 Å². The predicted molar refractivity (Wildman–Crippen MR) is 166 cm³/mol. The van der Waals surface area contributed by atoms with Crippen LogP contribution in [0.2, 0.25) is 0 Å². The Morgan fingerprint density at radius 1 is 0.767 bits per heavy atom. The average molecular weight is 575 g/mol. The fourth-order valence-electron chi connectivity index (χ4n) is 5.91. The second-order valence-electron chi connectivity index (χ2n) is 10.9. The highest BCUT2D eigenvalue weighted by atomic mass is 16.7. The van der Waals surface area contributed by atoms with Gasteiger partial charge in [0.15, 0.2) is 0 Å². The van der Waals surface area contributed by atoms with E-state index in [1.165, 1.54) is 5.69 Å². The highest BCUT2D eigenvalue weighted by Gasteiger charge is 2.31. The fraction of sp³-hybridized carbons (Fsp3) is 0.257. The summed E-state index contributed by atoms with van der Waals surface area (Å²) in [5.74, 6) is 1.38. The van der Waals surface area contributed by atoms with E-state index in [0.29, 0.717) is 30.9 Å². The number of aryl methyl sites for hydroxylation is 1. The number of ether oxygens (including phenoxy) is 4. The van der Waals surface area contributed by atoms with E-state index in [1.54, 1.807) is 12.5 Å². The van der Waals surface area contributed by atoms with Crippen LogP contribution in [0, 0.1) is 5.92 Å². The smallest absolute Gasteiger partial charge is 0.242 e. The molecule has 0 unspecified atom stereocenters. The van der Waals surface area contributed by atoms with Crippen LogP contribution in [0.3, 0.4) is 0 Å². The third-order valence-corrected chi connectivity index (χ3v) is 8.13. The molecule has 0 amide bonds. The fourth-order valence-corrected chi connectivity index (χ4v) is 5.91. The van der Waals surface area contributed by atoms with Crippen molar-refractivity contribution in [3.8, 4) is 23.0 Å². The molecule has 3 aromatic carbocycles. The molecule has 0 N–H and O–H groups in total. The molecule has 2 aliphatic heterocycles. The Kier molecular flexibility index (Phi) is 7.56. The molecule has 5 aromatic rings. The molecular formula is C35H34N4O4. The van der Waals surface area contributed by atoms with Gasteiger partial charge in [-0.25, -0.2) is 0 Å². The highest BCUT2D eigenvalue weighted by molar-refractivity contribution is 6.01. The number of nitrogens with zero attached hydrogens (tertiary/aromatic N) is 4. The Morgan fingerprint density at radius 3 is 2.14 bits per heavy atom. The van der Waals surface area contributed by atoms with Crippen molar-refractivity contribution in [1.82, 2.24) is 14.8 Å². The molecule has 1 fully saturated rings. The van der Waals surface area contributed by atoms with Crippen molar-refractivity contribution >= 4 is 16.6 Å². The number of pyridine rings is 1. The average Bonchev–Trinajstić information content (AvgIpc) is 3.73. The molecule has 8 heteroatoms. The lowest BCUT2D eigenvalue weighted by atomic mass is 9.95. The van der Waals surface area contributed by atoms with Crippen LogP contribution >= 0.6 is 0 Å². The van der Waals surface area contributed by atoms with Crippen molar-refractivity contribution in [3.63, 3.8) is 0 Å². The maximum atomic E-state index is 6.36. The van der Waals surface area contributed by atoms with Crippen LogP contribution in [-0.4, -0.2) is 34.1 Å². The second kappa shape index (κ2) is 12.1. The summed E-state index contributed by atoms with van der Waals surface area (Å²) >= 11 is 0. The Morgan fingerprint density at radius 2 is 1.44 bits per heavy atom. The molecule has 0 aliphatic carbocycles. The maximum absolute atomic E-state index is 6.36. The lowest BCUT2D eigenvalue weighted by molar-refractivity contribution is -0.0727. The normalized spacial score (nSPS) is 15.4. The summed E-state index contributed by atoms with van der Waals surface area (Å²) in [6, 6.07) is 30.5. The first-order valence-corrected chi connectivity index (χ1v) is 14.7. The summed E-state index contributed by atoms with van der Waals surface area (Å²) < 4.78 is 25.6. The zero-order chi connectivity index (χ0) is 29.0. The largest absolute Gasteiger partial charge is 0.473 e. The monoisotopic (exact) mass is 574 g/mol. The third-order valence-electron chi connectivity index (χ3n) is 8.13. The Balaban J connectivity index is 1.19. The van der Waals surface area contributed by atoms with Gasteiger partial charge in [-0.1, -0.05) is 72.8 Å². The summed E-state index contributed by atoms with van der Waals surface area (Å²) in [6.45, 7) is 2.66. The number of fused-ring (bicyclic) bond motifs is 1. The van der Waals surface area contributed by atoms with Gasteiger partial charge in [0.2, 0.25) is 18.1 Å². The first kappa shape index (κ1) is 26.9. The minimum atomic E-state index is -0.164. The predicted octanol–water partition coefficient (Wildman–Crippen LogP) is 6.85. The second-order valence-corrected chi connectivity index (χ2v) is 10.9. The van der Waals surface area contributed by atoms with Crippen molar-refractivity contribution in [2.45, 2.75) is 32.3 Å². The maximum Gasteiger partial charge on any atom is 0.242 e. The van der Waals surface area contributed by atoms with Crippen LogP contribution < -0.4 is 14.4 Å². The van der Waals surface area contributed by atoms with E-state index in [-0.39, 0.29) is 6.29 Å². The summed E-state index contributed by atoms with van der Waals surface area (Å²) in [5.41, 5.74) is 6.06. The first-order chi connectivity index (χ1) is 21.2. The van der Waals surface area contributed by atoms with Crippen LogP contribution in [0.25, 0.3) is 22.2 Å². The quantitative estimate of drug-likeness (QED) is 0.191. The van der Waals surface area contributed by atoms with Gasteiger partial charge in [-0.05, 0) is 36.1 Å². The van der Waals surface area contributed by atoms with Crippen LogP contribution in [0.5, 0.6) is 11.8 Å². The van der Waals surface area contributed by atoms with Gasteiger partial charge in [0, 0.05) is 37.5 Å². The molecule has 4 heterocycles. The summed E-state index contributed by atoms with van der Waals surface area (Å²) in [6.07, 6.45) is 5.12. The van der Waals surface area contributed by atoms with E-state index in [4.69, 9.17) is 29.0 Å². The number of benzene rings is 3. The lowest BCUT2D eigenvalue weighted by Gasteiger charge is -2.35. The van der Waals surface area contributed by atoms with E-state index in [9.17, 15) is 0 Å². The zero-order valence-corrected chi connectivity index (χ0v) is 24.1. The molecule has 43 heavy (non-hydrogen) atoms. The molecular weight excluding hydrogens is 540 g/mol. The standard InChI is InChI=1S/C35H34N4O4/c1-38-33-28(13-8-14-30(33)39-19-17-27(18-20-39)35-40-21-22-41-35)32(37-38)29-15-16-31(42-23-25-9-4-2-5-10-25)36-34(29)43-24-26-11-6-3-7-12-26/h2-16,21-22,27,35H,17-20,23-24H2,1H3. The molecule has 0 radical (unpaired) electrons. The minimum absolute atomic E-state index is 0.164. The van der Waals surface area contributed by atoms with Gasteiger partial charge < -0.3 is 23.8 Å². The third kappa shape index (κ3) is 5.73. The van der Waals surface area contributed by atoms with Crippen LogP contribution in [-0.2, 0) is 29.7 Å². The van der Waals surface area contributed by atoms with Gasteiger partial charge in [-0.3, -0.25) is 4.68 Å². The topological polar surface area (TPSA) is 70.9 Å². The SMILES string of the molecule is Cn1nc(-c2ccc(OCc3ccccc3)nc2OCc2ccccc2)c2cccc(N3CCC(C4OC=CO4)CC3)c21. The van der Waals surface area contributed by atoms with E-state index in [2.05, 4.69) is 23.1 Å². The first-order valence-electron chi connectivity index (χ1n) is 14.7. The van der Waals surface area contributed by atoms with E-state index >= 15 is 0 Å². The molecule has 1 saturated heterocycles. The molecule has 0 spiro atoms. The molecule has 0 saturated carbocycles. The molecule has 7 rings (SSSR count). The number of piperidine rings is 1. The Bertz CT molecular complexity index is 1700. The number of anilines is 1. The van der Waals surface area contributed by atoms with E-state index in [1.807, 2.05) is 84.5 Å². The Hall–Kier alpha value is -4.98. The Labute approximate surface area is 251 Å². The van der Waals surface area contributed by atoms with Crippen molar-refractivity contribution in [2.24, 2.45) is 13.0 Å². The lowest BCUT2D eigenvalue weighted by Crippen LogP contribution is -2.38. The van der Waals surface area contributed by atoms with E-state index in [0.717, 1.165) is 59.2 Å². The van der Waals surface area contributed by atoms with Crippen LogP contribution in [0.1, 0.15) is 24.0 Å². The van der Waals surface area contributed by atoms with Gasteiger partial charge >= 0.3 is 0 Å². The van der Waals surface area contributed by atoms with Crippen molar-refractivity contribution in [2.75, 3.05) is 18.0 Å². The molecule has 0 atom stereocenters. The number of hydrogen-bond donors (Lipinski definition) is 0. The highest BCUT2D eigenvalue weighted by Crippen LogP contribution is 2.39. The molecule has 8 nitrogen and oxygen atoms in total. The molecule has 2 aromatic heterocycles. The van der Waals surface area contributed by atoms with Crippen molar-refractivity contribution < 1.29 is 18.9 Å². The number of aromatic nitrogens is 3. The minimum Gasteiger partial charge on any atom is -0.473 e. The number of rotatable bonds is 9. The van der Waals surface area contributed by atoms with Crippen LogP contribution in [0.4, 0.5) is 5.69 Å². The summed E-state index contributed by atoms with van der Waals surface area (Å²) in [7, 11) is 2.00. The molecule has 0 bridgehead atoms. The molecule has 218 valence electrons. The van der Waals surface area contributed by atoms with Crippen molar-refractivity contribution in [3.05, 3.63) is 115 Å². The van der Waals surface area contributed by atoms with Gasteiger partial charge in [0.25, 0.3) is 0 Å². The van der Waals surface area contributed by atoms with E-state index < -0.39 is 0 Å². The number of hydrogen-bond acceptors (Lipinski definition) is 7. The summed E-state index contributed by atoms with van der Waals surface area (Å²) in [5, 5.41) is 6.07. The molecule has 2 aliphatic rings. The van der Waals surface area contributed by atoms with Crippen molar-refractivity contribution in [1.29, 1.82) is 0 Å².